The lowest BCUT2D eigenvalue weighted by molar-refractivity contribution is -0.138. The van der Waals surface area contributed by atoms with Crippen molar-refractivity contribution in [2.75, 3.05) is 0 Å². The summed E-state index contributed by atoms with van der Waals surface area (Å²) >= 11 is 1.34. The lowest BCUT2D eigenvalue weighted by Gasteiger charge is -2.60. The van der Waals surface area contributed by atoms with Crippen LogP contribution in [0.5, 0.6) is 0 Å². The Labute approximate surface area is 178 Å². The number of aromatic nitrogens is 1. The zero-order valence-electron chi connectivity index (χ0n) is 17.5. The van der Waals surface area contributed by atoms with Crippen LogP contribution in [0.4, 0.5) is 0 Å². The topological polar surface area (TPSA) is 59.1 Å². The van der Waals surface area contributed by atoms with Crippen LogP contribution in [0.3, 0.4) is 0 Å². The summed E-state index contributed by atoms with van der Waals surface area (Å²) in [4.78, 5) is 29.6. The van der Waals surface area contributed by atoms with Gasteiger partial charge in [-0.25, -0.2) is 4.98 Å². The van der Waals surface area contributed by atoms with Gasteiger partial charge >= 0.3 is 0 Å². The van der Waals surface area contributed by atoms with E-state index in [1.54, 1.807) is 6.20 Å². The standard InChI is InChI=1S/C24H32N2O2S/c1-23-12-10-17-15(6-9-19-24(17,2)13-11-20(27)26-19)16(23)7-8-18(23)22(28)29-21-5-3-4-14-25-21/h3-5,14-19H,6-13H2,1-2H3,(H,26,27)/t15-,16-,17-,18+,19+,23-,24+/m0/s1. The van der Waals surface area contributed by atoms with Crippen LogP contribution in [0.25, 0.3) is 0 Å². The molecule has 7 atom stereocenters. The molecule has 1 amide bonds. The van der Waals surface area contributed by atoms with Gasteiger partial charge in [-0.2, -0.15) is 0 Å². The zero-order valence-corrected chi connectivity index (χ0v) is 18.3. The Balaban J connectivity index is 1.36. The zero-order chi connectivity index (χ0) is 20.2. The number of hydrogen-bond acceptors (Lipinski definition) is 4. The van der Waals surface area contributed by atoms with Crippen LogP contribution in [-0.2, 0) is 9.59 Å². The Morgan fingerprint density at radius 3 is 2.69 bits per heavy atom. The normalized spacial score (nSPS) is 43.7. The van der Waals surface area contributed by atoms with Crippen LogP contribution in [0.1, 0.15) is 65.2 Å². The van der Waals surface area contributed by atoms with Crippen molar-refractivity contribution < 1.29 is 9.59 Å². The van der Waals surface area contributed by atoms with Gasteiger partial charge in [0.2, 0.25) is 5.91 Å². The van der Waals surface area contributed by atoms with E-state index in [2.05, 4.69) is 24.1 Å². The van der Waals surface area contributed by atoms with E-state index < -0.39 is 0 Å². The highest BCUT2D eigenvalue weighted by Crippen LogP contribution is 2.66. The molecule has 1 saturated heterocycles. The number of pyridine rings is 1. The minimum Gasteiger partial charge on any atom is -0.353 e. The summed E-state index contributed by atoms with van der Waals surface area (Å²) in [6, 6.07) is 6.14. The first-order valence-electron chi connectivity index (χ1n) is 11.3. The van der Waals surface area contributed by atoms with Gasteiger partial charge in [-0.15, -0.1) is 0 Å². The molecular formula is C24H32N2O2S. The van der Waals surface area contributed by atoms with Gasteiger partial charge < -0.3 is 5.32 Å². The fraction of sp³-hybridized carbons (Fsp3) is 0.708. The Morgan fingerprint density at radius 2 is 1.90 bits per heavy atom. The summed E-state index contributed by atoms with van der Waals surface area (Å²) in [5, 5.41) is 4.45. The molecule has 1 aromatic heterocycles. The van der Waals surface area contributed by atoms with Crippen LogP contribution >= 0.6 is 11.8 Å². The van der Waals surface area contributed by atoms with E-state index in [0.717, 1.165) is 30.7 Å². The van der Waals surface area contributed by atoms with Crippen LogP contribution in [0.15, 0.2) is 29.4 Å². The second kappa shape index (κ2) is 7.11. The maximum atomic E-state index is 13.2. The van der Waals surface area contributed by atoms with E-state index >= 15 is 0 Å². The second-order valence-electron chi connectivity index (χ2n) is 10.3. The molecule has 1 N–H and O–H groups in total. The van der Waals surface area contributed by atoms with E-state index in [-0.39, 0.29) is 22.7 Å². The maximum Gasteiger partial charge on any atom is 0.220 e. The van der Waals surface area contributed by atoms with Gasteiger partial charge in [0.05, 0.1) is 0 Å². The van der Waals surface area contributed by atoms with E-state index in [1.807, 2.05) is 18.2 Å². The van der Waals surface area contributed by atoms with Crippen molar-refractivity contribution in [2.24, 2.45) is 34.5 Å². The molecule has 29 heavy (non-hydrogen) atoms. The molecule has 4 nitrogen and oxygen atoms in total. The van der Waals surface area contributed by atoms with Gasteiger partial charge in [-0.05, 0) is 97.4 Å². The molecular weight excluding hydrogens is 380 g/mol. The fourth-order valence-corrected chi connectivity index (χ4v) is 8.67. The van der Waals surface area contributed by atoms with E-state index in [4.69, 9.17) is 0 Å². The van der Waals surface area contributed by atoms with Crippen molar-refractivity contribution in [3.05, 3.63) is 24.4 Å². The molecule has 0 bridgehead atoms. The van der Waals surface area contributed by atoms with Gasteiger partial charge in [0, 0.05) is 24.6 Å². The molecule has 1 aromatic rings. The number of nitrogens with zero attached hydrogens (tertiary/aromatic N) is 1. The van der Waals surface area contributed by atoms with Crippen LogP contribution in [0.2, 0.25) is 0 Å². The van der Waals surface area contributed by atoms with Gasteiger partial charge in [0.15, 0.2) is 5.12 Å². The highest BCUT2D eigenvalue weighted by Gasteiger charge is 2.61. The van der Waals surface area contributed by atoms with Crippen molar-refractivity contribution in [1.82, 2.24) is 10.3 Å². The first-order chi connectivity index (χ1) is 13.9. The average Bonchev–Trinajstić information content (AvgIpc) is 3.06. The minimum atomic E-state index is 0.126. The molecule has 3 aliphatic carbocycles. The summed E-state index contributed by atoms with van der Waals surface area (Å²) in [5.74, 6) is 2.44. The van der Waals surface area contributed by atoms with Gasteiger partial charge in [0.25, 0.3) is 0 Å². The quantitative estimate of drug-likeness (QED) is 0.706. The molecule has 0 aromatic carbocycles. The SMILES string of the molecule is C[C@]12CCC(=O)N[C@@H]1CC[C@@H]1[C@@H]2CC[C@]2(C)[C@@H](C(=O)Sc3ccccn3)CC[C@@H]12. The first-order valence-corrected chi connectivity index (χ1v) is 12.2. The summed E-state index contributed by atoms with van der Waals surface area (Å²) in [5.41, 5.74) is 0.365. The Bertz CT molecular complexity index is 814. The summed E-state index contributed by atoms with van der Waals surface area (Å²) in [6.07, 6.45) is 10.4. The average molecular weight is 413 g/mol. The van der Waals surface area contributed by atoms with E-state index in [9.17, 15) is 9.59 Å². The van der Waals surface area contributed by atoms with E-state index in [0.29, 0.717) is 35.3 Å². The number of carbonyl (C=O) groups is 2. The molecule has 4 fully saturated rings. The predicted octanol–water partition coefficient (Wildman–Crippen LogP) is 4.84. The van der Waals surface area contributed by atoms with Crippen LogP contribution < -0.4 is 5.32 Å². The lowest BCUT2D eigenvalue weighted by atomic mass is 9.47. The number of nitrogens with one attached hydrogen (secondary N) is 1. The first kappa shape index (κ1) is 19.6. The smallest absolute Gasteiger partial charge is 0.220 e. The number of piperidine rings is 1. The predicted molar refractivity (Wildman–Crippen MR) is 114 cm³/mol. The monoisotopic (exact) mass is 412 g/mol. The molecule has 4 aliphatic rings. The Morgan fingerprint density at radius 1 is 1.07 bits per heavy atom. The molecule has 5 heteroatoms. The van der Waals surface area contributed by atoms with Crippen LogP contribution in [0, 0.1) is 34.5 Å². The molecule has 2 heterocycles. The number of rotatable bonds is 2. The molecule has 1 aliphatic heterocycles. The highest BCUT2D eigenvalue weighted by atomic mass is 32.2. The molecule has 5 rings (SSSR count). The van der Waals surface area contributed by atoms with E-state index in [1.165, 1.54) is 31.0 Å². The number of hydrogen-bond donors (Lipinski definition) is 1. The molecule has 3 saturated carbocycles. The number of carbonyl (C=O) groups excluding carboxylic acids is 2. The fourth-order valence-electron chi connectivity index (χ4n) is 7.67. The maximum absolute atomic E-state index is 13.2. The highest BCUT2D eigenvalue weighted by molar-refractivity contribution is 8.13. The third-order valence-corrected chi connectivity index (χ3v) is 10.2. The number of amides is 1. The number of thioether (sulfide) groups is 1. The van der Waals surface area contributed by atoms with Crippen LogP contribution in [-0.4, -0.2) is 22.0 Å². The summed E-state index contributed by atoms with van der Waals surface area (Å²) in [7, 11) is 0. The van der Waals surface area contributed by atoms with Gasteiger partial charge in [0.1, 0.15) is 5.03 Å². The third kappa shape index (κ3) is 3.07. The third-order valence-electron chi connectivity index (χ3n) is 9.22. The van der Waals surface area contributed by atoms with Crippen molar-refractivity contribution in [3.63, 3.8) is 0 Å². The molecule has 0 spiro atoms. The summed E-state index contributed by atoms with van der Waals surface area (Å²) < 4.78 is 0. The summed E-state index contributed by atoms with van der Waals surface area (Å²) in [6.45, 7) is 4.84. The number of fused-ring (bicyclic) bond motifs is 5. The van der Waals surface area contributed by atoms with Crippen molar-refractivity contribution >= 4 is 22.8 Å². The Kier molecular flexibility index (Phi) is 4.80. The minimum absolute atomic E-state index is 0.126. The Hall–Kier alpha value is -1.36. The van der Waals surface area contributed by atoms with Crippen molar-refractivity contribution in [1.29, 1.82) is 0 Å². The largest absolute Gasteiger partial charge is 0.353 e. The van der Waals surface area contributed by atoms with Crippen molar-refractivity contribution in [2.45, 2.75) is 76.3 Å². The molecule has 0 radical (unpaired) electrons. The van der Waals surface area contributed by atoms with Gasteiger partial charge in [-0.3, -0.25) is 9.59 Å². The molecule has 156 valence electrons. The van der Waals surface area contributed by atoms with Crippen molar-refractivity contribution in [3.8, 4) is 0 Å². The lowest BCUT2D eigenvalue weighted by Crippen LogP contribution is -2.61. The van der Waals surface area contributed by atoms with Gasteiger partial charge in [-0.1, -0.05) is 19.9 Å². The second-order valence-corrected chi connectivity index (χ2v) is 11.4. The molecule has 0 unspecified atom stereocenters.